The Morgan fingerprint density at radius 2 is 1.78 bits per heavy atom. The van der Waals surface area contributed by atoms with Gasteiger partial charge in [0.05, 0.1) is 17.2 Å². The summed E-state index contributed by atoms with van der Waals surface area (Å²) in [5.74, 6) is 0.833. The van der Waals surface area contributed by atoms with Crippen LogP contribution >= 0.6 is 11.3 Å². The lowest BCUT2D eigenvalue weighted by Crippen LogP contribution is -2.37. The molecule has 1 aromatic heterocycles. The molecule has 124 valence electrons. The number of aliphatic imine (C=N–C) groups is 1. The first kappa shape index (κ1) is 17.5. The van der Waals surface area contributed by atoms with Crippen LogP contribution in [0.1, 0.15) is 32.3 Å². The zero-order chi connectivity index (χ0) is 16.8. The normalized spacial score (nSPS) is 11.6. The van der Waals surface area contributed by atoms with Gasteiger partial charge in [-0.1, -0.05) is 29.3 Å². The van der Waals surface area contributed by atoms with E-state index in [1.54, 1.807) is 18.4 Å². The van der Waals surface area contributed by atoms with E-state index in [9.17, 15) is 0 Å². The van der Waals surface area contributed by atoms with E-state index in [2.05, 4.69) is 59.6 Å². The fraction of sp³-hybridized carbons (Fsp3) is 0.444. The Labute approximate surface area is 143 Å². The molecule has 4 nitrogen and oxygen atoms in total. The van der Waals surface area contributed by atoms with Crippen molar-refractivity contribution < 1.29 is 0 Å². The van der Waals surface area contributed by atoms with Gasteiger partial charge in [-0.15, -0.1) is 11.3 Å². The maximum absolute atomic E-state index is 4.45. The summed E-state index contributed by atoms with van der Waals surface area (Å²) in [7, 11) is 1.80. The Morgan fingerprint density at radius 1 is 1.09 bits per heavy atom. The smallest absolute Gasteiger partial charge is 0.191 e. The Hall–Kier alpha value is -1.88. The molecule has 0 saturated heterocycles. The van der Waals surface area contributed by atoms with Crippen molar-refractivity contribution >= 4 is 17.3 Å². The van der Waals surface area contributed by atoms with Gasteiger partial charge in [0, 0.05) is 18.5 Å². The lowest BCUT2D eigenvalue weighted by atomic mass is 10.1. The second-order valence-corrected chi connectivity index (χ2v) is 7.13. The Morgan fingerprint density at radius 3 is 2.35 bits per heavy atom. The molecule has 1 aromatic carbocycles. The van der Waals surface area contributed by atoms with Crippen molar-refractivity contribution in [1.82, 2.24) is 15.6 Å². The summed E-state index contributed by atoms with van der Waals surface area (Å²) in [6.45, 7) is 10.0. The summed E-state index contributed by atoms with van der Waals surface area (Å²) in [6, 6.07) is 6.69. The van der Waals surface area contributed by atoms with E-state index in [0.29, 0.717) is 0 Å². The van der Waals surface area contributed by atoms with E-state index in [1.807, 2.05) is 6.92 Å². The standard InChI is InChI=1S/C18H26N4S/c1-12-8-13(2)10-16(9-12)6-7-20-18(19-5)21-11-17-14(3)22-15(4)23-17/h8-10H,6-7,11H2,1-5H3,(H2,19,20,21). The van der Waals surface area contributed by atoms with Crippen LogP contribution in [0.4, 0.5) is 0 Å². The topological polar surface area (TPSA) is 49.3 Å². The predicted molar refractivity (Wildman–Crippen MR) is 99.4 cm³/mol. The average molecular weight is 331 g/mol. The first-order valence-corrected chi connectivity index (χ1v) is 8.74. The Kier molecular flexibility index (Phi) is 6.16. The van der Waals surface area contributed by atoms with Gasteiger partial charge in [0.2, 0.25) is 0 Å². The van der Waals surface area contributed by atoms with Crippen molar-refractivity contribution in [3.8, 4) is 0 Å². The van der Waals surface area contributed by atoms with E-state index in [4.69, 9.17) is 0 Å². The number of thiazole rings is 1. The Bertz CT molecular complexity index is 668. The monoisotopic (exact) mass is 330 g/mol. The number of aryl methyl sites for hydroxylation is 4. The number of nitrogens with zero attached hydrogens (tertiary/aromatic N) is 2. The molecule has 0 fully saturated rings. The quantitative estimate of drug-likeness (QED) is 0.653. The average Bonchev–Trinajstić information content (AvgIpc) is 2.79. The summed E-state index contributed by atoms with van der Waals surface area (Å²) in [4.78, 5) is 10.00. The first-order valence-electron chi connectivity index (χ1n) is 7.92. The molecule has 1 heterocycles. The van der Waals surface area contributed by atoms with E-state index < -0.39 is 0 Å². The second kappa shape index (κ2) is 8.11. The highest BCUT2D eigenvalue weighted by atomic mass is 32.1. The maximum atomic E-state index is 4.45. The number of hydrogen-bond acceptors (Lipinski definition) is 3. The molecule has 0 aliphatic rings. The summed E-state index contributed by atoms with van der Waals surface area (Å²) in [6.07, 6.45) is 0.988. The SMILES string of the molecule is CN=C(NCCc1cc(C)cc(C)c1)NCc1sc(C)nc1C. The fourth-order valence-electron chi connectivity index (χ4n) is 2.66. The van der Waals surface area contributed by atoms with Crippen LogP contribution in [-0.4, -0.2) is 24.5 Å². The molecule has 0 radical (unpaired) electrons. The summed E-state index contributed by atoms with van der Waals surface area (Å²) in [5, 5.41) is 7.84. The molecule has 0 saturated carbocycles. The van der Waals surface area contributed by atoms with Crippen molar-refractivity contribution in [3.63, 3.8) is 0 Å². The van der Waals surface area contributed by atoms with Crippen LogP contribution in [0, 0.1) is 27.7 Å². The molecule has 0 unspecified atom stereocenters. The summed E-state index contributed by atoms with van der Waals surface area (Å²) >= 11 is 1.73. The molecule has 2 N–H and O–H groups in total. The van der Waals surface area contributed by atoms with Crippen LogP contribution in [0.15, 0.2) is 23.2 Å². The van der Waals surface area contributed by atoms with Crippen LogP contribution in [0.3, 0.4) is 0 Å². The maximum Gasteiger partial charge on any atom is 0.191 e. The molecule has 0 spiro atoms. The number of benzene rings is 1. The third kappa shape index (κ3) is 5.36. The second-order valence-electron chi connectivity index (χ2n) is 5.84. The molecule has 0 amide bonds. The first-order chi connectivity index (χ1) is 11.0. The van der Waals surface area contributed by atoms with Crippen molar-refractivity contribution in [3.05, 3.63) is 50.5 Å². The number of guanidine groups is 1. The Balaban J connectivity index is 1.82. The van der Waals surface area contributed by atoms with Gasteiger partial charge in [-0.2, -0.15) is 0 Å². The van der Waals surface area contributed by atoms with E-state index >= 15 is 0 Å². The minimum atomic E-state index is 0.764. The van der Waals surface area contributed by atoms with Crippen molar-refractivity contribution in [2.75, 3.05) is 13.6 Å². The number of aromatic nitrogens is 1. The van der Waals surface area contributed by atoms with Gasteiger partial charge in [0.1, 0.15) is 0 Å². The van der Waals surface area contributed by atoms with E-state index in [1.165, 1.54) is 21.6 Å². The molecule has 0 bridgehead atoms. The molecule has 0 aliphatic carbocycles. The van der Waals surface area contributed by atoms with Crippen LogP contribution < -0.4 is 10.6 Å². The van der Waals surface area contributed by atoms with Crippen molar-refractivity contribution in [2.24, 2.45) is 4.99 Å². The highest BCUT2D eigenvalue weighted by Gasteiger charge is 2.05. The number of nitrogens with one attached hydrogen (secondary N) is 2. The van der Waals surface area contributed by atoms with Gasteiger partial charge in [0.25, 0.3) is 0 Å². The molecular weight excluding hydrogens is 304 g/mol. The third-order valence-electron chi connectivity index (χ3n) is 3.63. The van der Waals surface area contributed by atoms with Gasteiger partial charge in [0.15, 0.2) is 5.96 Å². The van der Waals surface area contributed by atoms with Crippen LogP contribution in [0.5, 0.6) is 0 Å². The van der Waals surface area contributed by atoms with E-state index in [0.717, 1.165) is 36.2 Å². The zero-order valence-corrected chi connectivity index (χ0v) is 15.5. The lowest BCUT2D eigenvalue weighted by Gasteiger charge is -2.12. The summed E-state index contributed by atoms with van der Waals surface area (Å²) < 4.78 is 0. The minimum Gasteiger partial charge on any atom is -0.356 e. The predicted octanol–water partition coefficient (Wildman–Crippen LogP) is 3.28. The van der Waals surface area contributed by atoms with Crippen LogP contribution in [0.2, 0.25) is 0 Å². The highest BCUT2D eigenvalue weighted by Crippen LogP contribution is 2.16. The molecule has 0 aliphatic heterocycles. The number of hydrogen-bond donors (Lipinski definition) is 2. The zero-order valence-electron chi connectivity index (χ0n) is 14.7. The highest BCUT2D eigenvalue weighted by molar-refractivity contribution is 7.11. The number of rotatable bonds is 5. The summed E-state index contributed by atoms with van der Waals surface area (Å²) in [5.41, 5.74) is 5.10. The molecule has 2 aromatic rings. The van der Waals surface area contributed by atoms with Crippen molar-refractivity contribution in [1.29, 1.82) is 0 Å². The van der Waals surface area contributed by atoms with Crippen LogP contribution in [-0.2, 0) is 13.0 Å². The van der Waals surface area contributed by atoms with Gasteiger partial charge >= 0.3 is 0 Å². The van der Waals surface area contributed by atoms with Crippen molar-refractivity contribution in [2.45, 2.75) is 40.7 Å². The molecule has 2 rings (SSSR count). The van der Waals surface area contributed by atoms with E-state index in [-0.39, 0.29) is 0 Å². The fourth-order valence-corrected chi connectivity index (χ4v) is 3.54. The molecule has 5 heteroatoms. The molecule has 0 atom stereocenters. The largest absolute Gasteiger partial charge is 0.356 e. The van der Waals surface area contributed by atoms with Gasteiger partial charge < -0.3 is 10.6 Å². The molecular formula is C18H26N4S. The molecule has 23 heavy (non-hydrogen) atoms. The minimum absolute atomic E-state index is 0.764. The third-order valence-corrected chi connectivity index (χ3v) is 4.70. The van der Waals surface area contributed by atoms with Gasteiger partial charge in [-0.3, -0.25) is 4.99 Å². The van der Waals surface area contributed by atoms with Gasteiger partial charge in [-0.05, 0) is 39.7 Å². The lowest BCUT2D eigenvalue weighted by molar-refractivity contribution is 0.796. The van der Waals surface area contributed by atoms with Crippen LogP contribution in [0.25, 0.3) is 0 Å². The van der Waals surface area contributed by atoms with Gasteiger partial charge in [-0.25, -0.2) is 4.98 Å².